The maximum absolute atomic E-state index is 2.35. The van der Waals surface area contributed by atoms with Crippen LogP contribution in [0.3, 0.4) is 0 Å². The second-order valence-electron chi connectivity index (χ2n) is 5.16. The molecule has 3 aromatic carbocycles. The summed E-state index contributed by atoms with van der Waals surface area (Å²) in [6.07, 6.45) is 5.73. The molecule has 0 fully saturated rings. The van der Waals surface area contributed by atoms with Gasteiger partial charge in [0.2, 0.25) is 0 Å². The molecule has 0 unspecified atom stereocenters. The summed E-state index contributed by atoms with van der Waals surface area (Å²) < 4.78 is 0. The van der Waals surface area contributed by atoms with Crippen LogP contribution < -0.4 is 5.22 Å². The fourth-order valence-corrected chi connectivity index (χ4v) is 3.02. The van der Waals surface area contributed by atoms with Gasteiger partial charge in [0.25, 0.3) is 0 Å². The molecule has 0 saturated heterocycles. The molecular weight excluding hydrogens is 216 g/mol. The number of allylic oxidation sites excluding steroid dienone is 1. The third-order valence-corrected chi connectivity index (χ3v) is 3.89. The molecule has 0 bridgehead atoms. The first-order chi connectivity index (χ1) is 8.83. The van der Waals surface area contributed by atoms with Crippen LogP contribution >= 0.6 is 0 Å². The summed E-state index contributed by atoms with van der Waals surface area (Å²) in [5.74, 6) is 0. The molecule has 0 nitrogen and oxygen atoms in total. The topological polar surface area (TPSA) is 0 Å². The molecule has 18 heavy (non-hydrogen) atoms. The highest BCUT2D eigenvalue weighted by Gasteiger charge is 2.08. The summed E-state index contributed by atoms with van der Waals surface area (Å²) in [6, 6.07) is 15.5. The lowest BCUT2D eigenvalue weighted by atomic mass is 9.95. The Morgan fingerprint density at radius 2 is 1.61 bits per heavy atom. The van der Waals surface area contributed by atoms with Crippen molar-refractivity contribution in [3.05, 3.63) is 58.8 Å². The van der Waals surface area contributed by atoms with E-state index >= 15 is 0 Å². The summed E-state index contributed by atoms with van der Waals surface area (Å²) in [7, 11) is 0. The zero-order valence-electron chi connectivity index (χ0n) is 10.4. The van der Waals surface area contributed by atoms with E-state index in [4.69, 9.17) is 0 Å². The second-order valence-corrected chi connectivity index (χ2v) is 5.16. The quantitative estimate of drug-likeness (QED) is 0.540. The average Bonchev–Trinajstić information content (AvgIpc) is 2.56. The van der Waals surface area contributed by atoms with Crippen LogP contribution in [0.25, 0.3) is 33.7 Å². The van der Waals surface area contributed by atoms with Crippen LogP contribution in [0.4, 0.5) is 0 Å². The van der Waals surface area contributed by atoms with Crippen molar-refractivity contribution < 1.29 is 0 Å². The van der Waals surface area contributed by atoms with Crippen LogP contribution in [0.5, 0.6) is 0 Å². The van der Waals surface area contributed by atoms with Crippen LogP contribution in [-0.2, 0) is 0 Å². The molecule has 0 atom stereocenters. The molecule has 0 radical (unpaired) electrons. The first-order valence-corrected chi connectivity index (χ1v) is 6.44. The van der Waals surface area contributed by atoms with Gasteiger partial charge in [0.15, 0.2) is 0 Å². The van der Waals surface area contributed by atoms with E-state index in [0.29, 0.717) is 0 Å². The fourth-order valence-electron chi connectivity index (χ4n) is 3.02. The maximum Gasteiger partial charge on any atom is -0.00269 e. The third-order valence-electron chi connectivity index (χ3n) is 3.89. The van der Waals surface area contributed by atoms with Gasteiger partial charge in [0, 0.05) is 0 Å². The smallest absolute Gasteiger partial charge is 0.00269 e. The highest BCUT2D eigenvalue weighted by atomic mass is 14.1. The van der Waals surface area contributed by atoms with E-state index in [1.807, 2.05) is 0 Å². The number of hydrogen-bond donors (Lipinski definition) is 0. The van der Waals surface area contributed by atoms with Crippen LogP contribution in [0, 0.1) is 0 Å². The Morgan fingerprint density at radius 3 is 2.44 bits per heavy atom. The van der Waals surface area contributed by atoms with Gasteiger partial charge in [-0.3, -0.25) is 0 Å². The minimum Gasteiger partial charge on any atom is -0.0726 e. The molecule has 0 saturated carbocycles. The molecule has 1 aliphatic carbocycles. The van der Waals surface area contributed by atoms with E-state index in [2.05, 4.69) is 61.5 Å². The Hall–Kier alpha value is -2.08. The Morgan fingerprint density at radius 1 is 0.833 bits per heavy atom. The van der Waals surface area contributed by atoms with E-state index in [9.17, 15) is 0 Å². The van der Waals surface area contributed by atoms with Gasteiger partial charge in [-0.05, 0) is 45.7 Å². The molecule has 86 valence electrons. The van der Waals surface area contributed by atoms with Gasteiger partial charge < -0.3 is 0 Å². The van der Waals surface area contributed by atoms with Crippen LogP contribution in [0.15, 0.2) is 48.0 Å². The molecule has 0 heteroatoms. The largest absolute Gasteiger partial charge is 0.0726 e. The standard InChI is InChI=1S/C18H14/c1-12-5-6-15-8-7-13-3-2-4-14-9-10-16(11-12)18(15)17(13)14/h2-4,6-11H,5H2,1H3. The number of hydrogen-bond acceptors (Lipinski definition) is 0. The molecule has 0 spiro atoms. The van der Waals surface area contributed by atoms with Crippen molar-refractivity contribution in [1.29, 1.82) is 0 Å². The van der Waals surface area contributed by atoms with E-state index in [0.717, 1.165) is 6.42 Å². The Balaban J connectivity index is 2.37. The van der Waals surface area contributed by atoms with Crippen molar-refractivity contribution in [3.8, 4) is 0 Å². The second kappa shape index (κ2) is 3.46. The van der Waals surface area contributed by atoms with Gasteiger partial charge in [-0.1, -0.05) is 60.2 Å². The molecule has 1 aliphatic rings. The van der Waals surface area contributed by atoms with Gasteiger partial charge in [-0.2, -0.15) is 0 Å². The lowest BCUT2D eigenvalue weighted by molar-refractivity contribution is 1.29. The normalized spacial score (nSPS) is 14.4. The molecule has 0 heterocycles. The Labute approximate surface area is 106 Å². The Bertz CT molecular complexity index is 835. The molecular formula is C18H14. The average molecular weight is 230 g/mol. The van der Waals surface area contributed by atoms with Crippen molar-refractivity contribution in [2.24, 2.45) is 0 Å². The van der Waals surface area contributed by atoms with Crippen molar-refractivity contribution in [2.45, 2.75) is 13.3 Å². The van der Waals surface area contributed by atoms with Crippen molar-refractivity contribution in [3.63, 3.8) is 0 Å². The number of benzene rings is 3. The first-order valence-electron chi connectivity index (χ1n) is 6.44. The lowest BCUT2D eigenvalue weighted by Crippen LogP contribution is -2.02. The maximum atomic E-state index is 2.35. The van der Waals surface area contributed by atoms with Gasteiger partial charge in [0.05, 0.1) is 0 Å². The van der Waals surface area contributed by atoms with Crippen molar-refractivity contribution >= 4 is 33.7 Å². The molecule has 0 aromatic heterocycles. The van der Waals surface area contributed by atoms with Crippen LogP contribution in [0.2, 0.25) is 0 Å². The molecule has 0 aliphatic heterocycles. The van der Waals surface area contributed by atoms with E-state index < -0.39 is 0 Å². The predicted octanol–water partition coefficient (Wildman–Crippen LogP) is 4.30. The zero-order valence-corrected chi connectivity index (χ0v) is 10.4. The van der Waals surface area contributed by atoms with E-state index in [-0.39, 0.29) is 0 Å². The van der Waals surface area contributed by atoms with Gasteiger partial charge in [-0.15, -0.1) is 0 Å². The predicted molar refractivity (Wildman–Crippen MR) is 79.4 cm³/mol. The third kappa shape index (κ3) is 1.26. The van der Waals surface area contributed by atoms with Crippen molar-refractivity contribution in [1.82, 2.24) is 0 Å². The first kappa shape index (κ1) is 9.90. The highest BCUT2D eigenvalue weighted by Crippen LogP contribution is 2.29. The monoisotopic (exact) mass is 230 g/mol. The van der Waals surface area contributed by atoms with Crippen LogP contribution in [0.1, 0.15) is 18.9 Å². The zero-order chi connectivity index (χ0) is 12.1. The van der Waals surface area contributed by atoms with Gasteiger partial charge in [0.1, 0.15) is 0 Å². The Kier molecular flexibility index (Phi) is 1.90. The summed E-state index contributed by atoms with van der Waals surface area (Å²) in [5, 5.41) is 6.89. The lowest BCUT2D eigenvalue weighted by Gasteiger charge is -2.08. The molecule has 4 rings (SSSR count). The minimum atomic E-state index is 1.05. The summed E-state index contributed by atoms with van der Waals surface area (Å²) in [4.78, 5) is 0. The summed E-state index contributed by atoms with van der Waals surface area (Å²) >= 11 is 0. The van der Waals surface area contributed by atoms with Gasteiger partial charge in [-0.25, -0.2) is 0 Å². The summed E-state index contributed by atoms with van der Waals surface area (Å²) in [5.41, 5.74) is 2.79. The van der Waals surface area contributed by atoms with E-state index in [1.165, 1.54) is 37.9 Å². The fraction of sp³-hybridized carbons (Fsp3) is 0.111. The van der Waals surface area contributed by atoms with Crippen LogP contribution in [-0.4, -0.2) is 0 Å². The summed E-state index contributed by atoms with van der Waals surface area (Å²) in [6.45, 7) is 2.21. The highest BCUT2D eigenvalue weighted by molar-refractivity contribution is 6.13. The minimum absolute atomic E-state index is 1.05. The SMILES string of the molecule is CC1=Cc2ccc3cccc4ccc(c2c34)=CC1. The number of rotatable bonds is 0. The van der Waals surface area contributed by atoms with Gasteiger partial charge >= 0.3 is 0 Å². The molecule has 0 amide bonds. The molecule has 3 aromatic rings. The van der Waals surface area contributed by atoms with Crippen molar-refractivity contribution in [2.75, 3.05) is 0 Å². The van der Waals surface area contributed by atoms with E-state index in [1.54, 1.807) is 0 Å². The molecule has 0 N–H and O–H groups in total.